The number of nitrogens with one attached hydrogen (secondary N) is 1. The number of hydrogen-bond acceptors (Lipinski definition) is 4. The van der Waals surface area contributed by atoms with Gasteiger partial charge in [0, 0.05) is 18.3 Å². The van der Waals surface area contributed by atoms with Crippen LogP contribution in [0.25, 0.3) is 0 Å². The van der Waals surface area contributed by atoms with Gasteiger partial charge in [0.05, 0.1) is 14.9 Å². The molecule has 0 fully saturated rings. The zero-order chi connectivity index (χ0) is 13.5. The normalized spacial score (nSPS) is 10.6. The molecule has 5 heteroatoms. The summed E-state index contributed by atoms with van der Waals surface area (Å²) in [4.78, 5) is 5.18. The molecule has 1 N–H and O–H groups in total. The van der Waals surface area contributed by atoms with Gasteiger partial charge < -0.3 is 10.1 Å². The summed E-state index contributed by atoms with van der Waals surface area (Å²) in [7, 11) is 0. The maximum Gasteiger partial charge on any atom is 0.138 e. The van der Waals surface area contributed by atoms with Crippen LogP contribution in [0.15, 0.2) is 34.4 Å². The van der Waals surface area contributed by atoms with E-state index in [4.69, 9.17) is 4.74 Å². The predicted molar refractivity (Wildman–Crippen MR) is 82.6 cm³/mol. The summed E-state index contributed by atoms with van der Waals surface area (Å²) in [5.74, 6) is 0.916. The van der Waals surface area contributed by atoms with Crippen molar-refractivity contribution in [1.29, 1.82) is 0 Å². The summed E-state index contributed by atoms with van der Waals surface area (Å²) >= 11 is 5.16. The van der Waals surface area contributed by atoms with Crippen molar-refractivity contribution in [1.82, 2.24) is 10.3 Å². The highest BCUT2D eigenvalue weighted by molar-refractivity contribution is 9.10. The number of rotatable bonds is 7. The average Bonchev–Trinajstić information content (AvgIpc) is 2.91. The fourth-order valence-corrected chi connectivity index (χ4v) is 2.74. The van der Waals surface area contributed by atoms with Gasteiger partial charge in [0.2, 0.25) is 0 Å². The molecule has 0 radical (unpaired) electrons. The number of aromatic nitrogens is 1. The molecule has 0 unspecified atom stereocenters. The number of hydrogen-bond donors (Lipinski definition) is 1. The molecule has 0 spiro atoms. The molecule has 1 aromatic heterocycles. The van der Waals surface area contributed by atoms with Crippen LogP contribution in [0.2, 0.25) is 0 Å². The first kappa shape index (κ1) is 14.5. The molecule has 0 saturated heterocycles. The van der Waals surface area contributed by atoms with Gasteiger partial charge in [-0.25, -0.2) is 0 Å². The lowest BCUT2D eigenvalue weighted by atomic mass is 10.2. The second-order valence-electron chi connectivity index (χ2n) is 4.16. The minimum Gasteiger partial charge on any atom is -0.486 e. The largest absolute Gasteiger partial charge is 0.486 e. The van der Waals surface area contributed by atoms with Crippen LogP contribution in [-0.2, 0) is 13.2 Å². The van der Waals surface area contributed by atoms with Crippen molar-refractivity contribution < 1.29 is 4.74 Å². The third kappa shape index (κ3) is 4.30. The van der Waals surface area contributed by atoms with Crippen LogP contribution >= 0.6 is 27.3 Å². The van der Waals surface area contributed by atoms with Crippen molar-refractivity contribution in [2.24, 2.45) is 0 Å². The van der Waals surface area contributed by atoms with Crippen molar-refractivity contribution in [2.75, 3.05) is 6.54 Å². The number of para-hydroxylation sites is 1. The van der Waals surface area contributed by atoms with E-state index in [-0.39, 0.29) is 0 Å². The van der Waals surface area contributed by atoms with Crippen LogP contribution in [0, 0.1) is 0 Å². The van der Waals surface area contributed by atoms with Gasteiger partial charge in [-0.1, -0.05) is 19.1 Å². The SMILES string of the molecule is CCCNCc1cccc(Br)c1OCc1cncs1. The van der Waals surface area contributed by atoms with Crippen molar-refractivity contribution in [3.8, 4) is 5.75 Å². The van der Waals surface area contributed by atoms with E-state index in [2.05, 4.69) is 39.2 Å². The Bertz CT molecular complexity index is 502. The van der Waals surface area contributed by atoms with Crippen molar-refractivity contribution in [2.45, 2.75) is 26.5 Å². The summed E-state index contributed by atoms with van der Waals surface area (Å²) in [5.41, 5.74) is 3.00. The van der Waals surface area contributed by atoms with Gasteiger partial charge in [-0.2, -0.15) is 0 Å². The molecular weight excluding hydrogens is 324 g/mol. The van der Waals surface area contributed by atoms with Crippen molar-refractivity contribution in [3.05, 3.63) is 44.8 Å². The van der Waals surface area contributed by atoms with Gasteiger partial charge >= 0.3 is 0 Å². The van der Waals surface area contributed by atoms with E-state index in [0.29, 0.717) is 6.61 Å². The Morgan fingerprint density at radius 3 is 3.05 bits per heavy atom. The second-order valence-corrected chi connectivity index (χ2v) is 5.99. The van der Waals surface area contributed by atoms with E-state index >= 15 is 0 Å². The van der Waals surface area contributed by atoms with Crippen LogP contribution in [-0.4, -0.2) is 11.5 Å². The lowest BCUT2D eigenvalue weighted by Gasteiger charge is -2.13. The van der Waals surface area contributed by atoms with E-state index in [9.17, 15) is 0 Å². The molecule has 0 bridgehead atoms. The Kier molecular flexibility index (Phi) is 5.82. The monoisotopic (exact) mass is 340 g/mol. The molecule has 2 rings (SSSR count). The van der Waals surface area contributed by atoms with Crippen LogP contribution in [0.3, 0.4) is 0 Å². The highest BCUT2D eigenvalue weighted by Crippen LogP contribution is 2.30. The Hall–Kier alpha value is -0.910. The number of ether oxygens (including phenoxy) is 1. The van der Waals surface area contributed by atoms with Gasteiger partial charge in [-0.3, -0.25) is 4.98 Å². The fraction of sp³-hybridized carbons (Fsp3) is 0.357. The Balaban J connectivity index is 2.04. The third-order valence-corrected chi connectivity index (χ3v) is 4.01. The zero-order valence-electron chi connectivity index (χ0n) is 10.9. The predicted octanol–water partition coefficient (Wildman–Crippen LogP) is 3.98. The van der Waals surface area contributed by atoms with Crippen molar-refractivity contribution >= 4 is 27.3 Å². The average molecular weight is 341 g/mol. The fourth-order valence-electron chi connectivity index (χ4n) is 1.71. The maximum atomic E-state index is 5.93. The molecule has 3 nitrogen and oxygen atoms in total. The van der Waals surface area contributed by atoms with E-state index in [1.54, 1.807) is 11.3 Å². The van der Waals surface area contributed by atoms with E-state index in [1.807, 2.05) is 23.8 Å². The minimum atomic E-state index is 0.564. The zero-order valence-corrected chi connectivity index (χ0v) is 13.3. The van der Waals surface area contributed by atoms with Gasteiger partial charge in [0.15, 0.2) is 0 Å². The van der Waals surface area contributed by atoms with Gasteiger partial charge in [-0.15, -0.1) is 11.3 Å². The minimum absolute atomic E-state index is 0.564. The lowest BCUT2D eigenvalue weighted by Crippen LogP contribution is -2.14. The molecule has 2 aromatic rings. The molecule has 0 aliphatic heterocycles. The smallest absolute Gasteiger partial charge is 0.138 e. The Morgan fingerprint density at radius 1 is 1.42 bits per heavy atom. The summed E-state index contributed by atoms with van der Waals surface area (Å²) in [6.07, 6.45) is 2.97. The van der Waals surface area contributed by atoms with Crippen LogP contribution in [0.1, 0.15) is 23.8 Å². The molecule has 1 aromatic carbocycles. The summed E-state index contributed by atoms with van der Waals surface area (Å²) < 4.78 is 6.92. The van der Waals surface area contributed by atoms with Gasteiger partial charge in [0.25, 0.3) is 0 Å². The number of halogens is 1. The number of nitrogens with zero attached hydrogens (tertiary/aromatic N) is 1. The molecule has 0 saturated carbocycles. The molecule has 1 heterocycles. The molecule has 0 amide bonds. The van der Waals surface area contributed by atoms with Crippen LogP contribution in [0.5, 0.6) is 5.75 Å². The van der Waals surface area contributed by atoms with E-state index < -0.39 is 0 Å². The number of thiazole rings is 1. The first-order chi connectivity index (χ1) is 9.31. The standard InChI is InChI=1S/C14H17BrN2OS/c1-2-6-16-7-11-4-3-5-13(15)14(11)18-9-12-8-17-10-19-12/h3-5,8,10,16H,2,6-7,9H2,1H3. The van der Waals surface area contributed by atoms with Crippen LogP contribution < -0.4 is 10.1 Å². The van der Waals surface area contributed by atoms with Gasteiger partial charge in [0.1, 0.15) is 12.4 Å². The lowest BCUT2D eigenvalue weighted by molar-refractivity contribution is 0.303. The number of benzene rings is 1. The van der Waals surface area contributed by atoms with Crippen LogP contribution in [0.4, 0.5) is 0 Å². The van der Waals surface area contributed by atoms with Crippen molar-refractivity contribution in [3.63, 3.8) is 0 Å². The molecule has 19 heavy (non-hydrogen) atoms. The summed E-state index contributed by atoms with van der Waals surface area (Å²) in [6.45, 7) is 4.56. The highest BCUT2D eigenvalue weighted by atomic mass is 79.9. The van der Waals surface area contributed by atoms with Gasteiger partial charge in [-0.05, 0) is 35.0 Å². The second kappa shape index (κ2) is 7.62. The molecule has 0 aliphatic carbocycles. The third-order valence-electron chi connectivity index (χ3n) is 2.63. The maximum absolute atomic E-state index is 5.93. The molecular formula is C14H17BrN2OS. The molecule has 102 valence electrons. The quantitative estimate of drug-likeness (QED) is 0.774. The highest BCUT2D eigenvalue weighted by Gasteiger charge is 2.08. The van der Waals surface area contributed by atoms with E-state index in [1.165, 1.54) is 5.56 Å². The first-order valence-corrected chi connectivity index (χ1v) is 7.96. The Morgan fingerprint density at radius 2 is 2.32 bits per heavy atom. The van der Waals surface area contributed by atoms with E-state index in [0.717, 1.165) is 34.6 Å². The topological polar surface area (TPSA) is 34.1 Å². The molecule has 0 atom stereocenters. The summed E-state index contributed by atoms with van der Waals surface area (Å²) in [6, 6.07) is 6.13. The first-order valence-electron chi connectivity index (χ1n) is 6.29. The summed E-state index contributed by atoms with van der Waals surface area (Å²) in [5, 5.41) is 3.40. The molecule has 0 aliphatic rings. The Labute approximate surface area is 126 Å².